The SMILES string of the molecule is COc1cc(C(=O)NCCCCCCCC(=O)Nc2ccc(C(=O)Nc3ccccc3N)cc2)ccc1NC(=O)[C@@H]1N[C@@H](CC(C)(C)C)[C@](C#N)(c2ccc(Cl)cc2F)[C@H]1c1cccc(Cl)c1F. The van der Waals surface area contributed by atoms with Gasteiger partial charge in [-0.15, -0.1) is 0 Å². The first-order chi connectivity index (χ1) is 32.4. The number of halogens is 4. The first-order valence-electron chi connectivity index (χ1n) is 22.4. The first-order valence-corrected chi connectivity index (χ1v) is 23.1. The molecule has 1 heterocycles. The van der Waals surface area contributed by atoms with Gasteiger partial charge in [-0.1, -0.05) is 93.6 Å². The number of unbranched alkanes of at least 4 members (excludes halogenated alkanes) is 4. The molecule has 1 aliphatic rings. The van der Waals surface area contributed by atoms with E-state index in [1.807, 2.05) is 20.8 Å². The number of anilines is 4. The quantitative estimate of drug-likeness (QED) is 0.0370. The van der Waals surface area contributed by atoms with Gasteiger partial charge >= 0.3 is 0 Å². The molecule has 356 valence electrons. The molecule has 4 atom stereocenters. The van der Waals surface area contributed by atoms with Crippen molar-refractivity contribution < 1.29 is 32.7 Å². The van der Waals surface area contributed by atoms with Crippen LogP contribution in [0.15, 0.2) is 103 Å². The van der Waals surface area contributed by atoms with E-state index in [4.69, 9.17) is 33.7 Å². The topological polar surface area (TPSA) is 187 Å². The molecule has 5 aromatic carbocycles. The monoisotopic (exact) mass is 965 g/mol. The first kappa shape index (κ1) is 50.9. The van der Waals surface area contributed by atoms with Crippen LogP contribution < -0.4 is 37.1 Å². The fourth-order valence-electron chi connectivity index (χ4n) is 8.68. The van der Waals surface area contributed by atoms with E-state index >= 15 is 8.78 Å². The molecule has 5 aromatic rings. The second-order valence-corrected chi connectivity index (χ2v) is 18.9. The van der Waals surface area contributed by atoms with Crippen LogP contribution in [-0.2, 0) is 15.0 Å². The summed E-state index contributed by atoms with van der Waals surface area (Å²) in [4.78, 5) is 52.9. The summed E-state index contributed by atoms with van der Waals surface area (Å²) in [5, 5.41) is 25.7. The Morgan fingerprint density at radius 3 is 2.21 bits per heavy atom. The number of amides is 4. The van der Waals surface area contributed by atoms with Gasteiger partial charge in [-0.25, -0.2) is 8.78 Å². The van der Waals surface area contributed by atoms with E-state index in [1.165, 1.54) is 55.6 Å². The fraction of sp³-hybridized carbons (Fsp3) is 0.327. The van der Waals surface area contributed by atoms with E-state index in [-0.39, 0.29) is 55.9 Å². The number of ether oxygens (including phenoxy) is 1. The molecule has 1 saturated heterocycles. The van der Waals surface area contributed by atoms with Crippen molar-refractivity contribution in [2.24, 2.45) is 5.41 Å². The van der Waals surface area contributed by atoms with Gasteiger partial charge in [0.25, 0.3) is 11.8 Å². The summed E-state index contributed by atoms with van der Waals surface area (Å²) in [6.07, 6.45) is 4.55. The molecule has 0 bridgehead atoms. The number of nitrogen functional groups attached to an aromatic ring is 1. The molecular formula is C52H55Cl2F2N7O5. The van der Waals surface area contributed by atoms with Gasteiger partial charge in [-0.2, -0.15) is 5.26 Å². The predicted octanol–water partition coefficient (Wildman–Crippen LogP) is 10.8. The molecule has 4 amide bonds. The highest BCUT2D eigenvalue weighted by molar-refractivity contribution is 6.31. The summed E-state index contributed by atoms with van der Waals surface area (Å²) in [7, 11) is 1.39. The highest BCUT2D eigenvalue weighted by atomic mass is 35.5. The highest BCUT2D eigenvalue weighted by Crippen LogP contribution is 2.53. The minimum absolute atomic E-state index is 0.0422. The molecule has 0 saturated carbocycles. The van der Waals surface area contributed by atoms with E-state index in [9.17, 15) is 24.4 Å². The summed E-state index contributed by atoms with van der Waals surface area (Å²) in [6, 6.07) is 26.6. The number of para-hydroxylation sites is 2. The number of hydrogen-bond acceptors (Lipinski definition) is 8. The minimum Gasteiger partial charge on any atom is -0.495 e. The van der Waals surface area contributed by atoms with Gasteiger partial charge in [0.15, 0.2) is 0 Å². The van der Waals surface area contributed by atoms with Crippen molar-refractivity contribution >= 4 is 69.6 Å². The number of nitrogens with two attached hydrogens (primary N) is 1. The average molecular weight is 967 g/mol. The molecule has 7 N–H and O–H groups in total. The molecule has 1 fully saturated rings. The van der Waals surface area contributed by atoms with E-state index in [0.29, 0.717) is 54.9 Å². The van der Waals surface area contributed by atoms with Crippen LogP contribution in [0.2, 0.25) is 10.0 Å². The maximum atomic E-state index is 16.1. The van der Waals surface area contributed by atoms with E-state index < -0.39 is 46.4 Å². The van der Waals surface area contributed by atoms with Crippen molar-refractivity contribution in [3.05, 3.63) is 147 Å². The number of nitriles is 1. The van der Waals surface area contributed by atoms with E-state index in [0.717, 1.165) is 25.3 Å². The molecule has 12 nitrogen and oxygen atoms in total. The van der Waals surface area contributed by atoms with Crippen molar-refractivity contribution in [2.75, 3.05) is 35.3 Å². The van der Waals surface area contributed by atoms with Crippen LogP contribution in [-0.4, -0.2) is 49.4 Å². The van der Waals surface area contributed by atoms with Crippen LogP contribution in [0.4, 0.5) is 31.5 Å². The third-order valence-corrected chi connectivity index (χ3v) is 12.5. The Labute approximate surface area is 405 Å². The average Bonchev–Trinajstić information content (AvgIpc) is 3.61. The van der Waals surface area contributed by atoms with Crippen LogP contribution in [0, 0.1) is 28.4 Å². The molecule has 0 aromatic heterocycles. The summed E-state index contributed by atoms with van der Waals surface area (Å²) in [6.45, 7) is 6.26. The molecule has 1 aliphatic heterocycles. The number of rotatable bonds is 18. The van der Waals surface area contributed by atoms with Gasteiger partial charge in [0.1, 0.15) is 22.8 Å². The summed E-state index contributed by atoms with van der Waals surface area (Å²) in [5.74, 6) is -4.15. The van der Waals surface area contributed by atoms with E-state index in [1.54, 1.807) is 48.5 Å². The second-order valence-electron chi connectivity index (χ2n) is 18.0. The lowest BCUT2D eigenvalue weighted by Crippen LogP contribution is -2.45. The molecular weight excluding hydrogens is 912 g/mol. The lowest BCUT2D eigenvalue weighted by molar-refractivity contribution is -0.118. The predicted molar refractivity (Wildman–Crippen MR) is 263 cm³/mol. The Morgan fingerprint density at radius 2 is 1.51 bits per heavy atom. The zero-order chi connectivity index (χ0) is 49.2. The number of hydrogen-bond donors (Lipinski definition) is 6. The summed E-state index contributed by atoms with van der Waals surface area (Å²) >= 11 is 12.4. The van der Waals surface area contributed by atoms with Crippen molar-refractivity contribution in [3.8, 4) is 11.8 Å². The Bertz CT molecular complexity index is 2690. The molecule has 0 radical (unpaired) electrons. The van der Waals surface area contributed by atoms with Crippen LogP contribution in [0.5, 0.6) is 5.75 Å². The lowest BCUT2D eigenvalue weighted by Gasteiger charge is -2.37. The van der Waals surface area contributed by atoms with Crippen LogP contribution in [0.3, 0.4) is 0 Å². The maximum absolute atomic E-state index is 16.1. The molecule has 6 rings (SSSR count). The van der Waals surface area contributed by atoms with Crippen molar-refractivity contribution in [1.82, 2.24) is 10.6 Å². The zero-order valence-electron chi connectivity index (χ0n) is 38.3. The van der Waals surface area contributed by atoms with E-state index in [2.05, 4.69) is 32.7 Å². The fourth-order valence-corrected chi connectivity index (χ4v) is 9.02. The molecule has 0 aliphatic carbocycles. The van der Waals surface area contributed by atoms with Crippen molar-refractivity contribution in [3.63, 3.8) is 0 Å². The zero-order valence-corrected chi connectivity index (χ0v) is 39.8. The second kappa shape index (κ2) is 22.5. The van der Waals surface area contributed by atoms with Crippen LogP contribution in [0.1, 0.15) is 103 Å². The Morgan fingerprint density at radius 1 is 0.809 bits per heavy atom. The smallest absolute Gasteiger partial charge is 0.255 e. The molecule has 16 heteroatoms. The largest absolute Gasteiger partial charge is 0.495 e. The highest BCUT2D eigenvalue weighted by Gasteiger charge is 2.61. The Balaban J connectivity index is 1.02. The minimum atomic E-state index is -1.81. The maximum Gasteiger partial charge on any atom is 0.255 e. The third kappa shape index (κ3) is 12.1. The normalized spacial score (nSPS) is 17.7. The summed E-state index contributed by atoms with van der Waals surface area (Å²) in [5.41, 5.74) is 6.08. The number of methoxy groups -OCH3 is 1. The molecule has 0 unspecified atom stereocenters. The Kier molecular flexibility index (Phi) is 16.8. The van der Waals surface area contributed by atoms with Crippen LogP contribution >= 0.6 is 23.2 Å². The van der Waals surface area contributed by atoms with Gasteiger partial charge in [-0.05, 0) is 103 Å². The molecule has 68 heavy (non-hydrogen) atoms. The Hall–Kier alpha value is -6.53. The van der Waals surface area contributed by atoms with Crippen LogP contribution in [0.25, 0.3) is 0 Å². The summed E-state index contributed by atoms with van der Waals surface area (Å²) < 4.78 is 37.8. The number of carbonyl (C=O) groups is 4. The van der Waals surface area contributed by atoms with Crippen molar-refractivity contribution in [1.29, 1.82) is 5.26 Å². The number of nitrogens with zero attached hydrogens (tertiary/aromatic N) is 1. The van der Waals surface area contributed by atoms with Crippen molar-refractivity contribution in [2.45, 2.75) is 89.1 Å². The lowest BCUT2D eigenvalue weighted by atomic mass is 9.62. The standard InChI is InChI=1S/C52H55Cl2F2N7O5/c1-51(2,3)29-43-52(30-57,36-24-21-33(53)28-38(36)55)45(35-13-12-14-37(54)46(35)56)47(63-43)50(67)62-41-25-20-32(27-42(41)68-4)48(65)59-26-11-7-5-6-8-17-44(64)60-34-22-18-31(19-23-34)49(66)61-40-16-10-9-15-39(40)58/h9-10,12-16,18-25,27-28,43,45,47,63H,5-8,11,17,26,29,58H2,1-4H3,(H,59,65)(H,60,64)(H,61,66)(H,62,67)/t43-,45-,47+,52-/m0/s1. The van der Waals surface area contributed by atoms with Gasteiger partial charge in [0.05, 0.1) is 41.3 Å². The van der Waals surface area contributed by atoms with Gasteiger partial charge in [-0.3, -0.25) is 19.2 Å². The van der Waals surface area contributed by atoms with Gasteiger partial charge < -0.3 is 37.1 Å². The third-order valence-electron chi connectivity index (χ3n) is 12.0. The van der Waals surface area contributed by atoms with Gasteiger partial charge in [0.2, 0.25) is 11.8 Å². The molecule has 0 spiro atoms. The number of nitrogens with one attached hydrogen (secondary N) is 5. The number of benzene rings is 5. The van der Waals surface area contributed by atoms with Gasteiger partial charge in [0, 0.05) is 52.3 Å². The number of carbonyl (C=O) groups excluding carboxylic acids is 4.